The average molecular weight is 299 g/mol. The third-order valence-electron chi connectivity index (χ3n) is 3.53. The number of aromatic amines is 1. The second-order valence-electron chi connectivity index (χ2n) is 4.93. The number of hydrogen-bond acceptors (Lipinski definition) is 4. The molecule has 21 heavy (non-hydrogen) atoms. The van der Waals surface area contributed by atoms with E-state index in [1.54, 1.807) is 0 Å². The van der Waals surface area contributed by atoms with Crippen LogP contribution in [0, 0.1) is 0 Å². The van der Waals surface area contributed by atoms with E-state index in [1.807, 2.05) is 30.5 Å². The molecule has 3 heterocycles. The van der Waals surface area contributed by atoms with E-state index >= 15 is 0 Å². The Morgan fingerprint density at radius 1 is 1.38 bits per heavy atom. The number of H-pyrrole nitrogens is 1. The first-order valence-corrected chi connectivity index (χ1v) is 7.56. The summed E-state index contributed by atoms with van der Waals surface area (Å²) in [5.74, 6) is -0.140. The molecule has 0 atom stereocenters. The zero-order valence-corrected chi connectivity index (χ0v) is 12.0. The van der Waals surface area contributed by atoms with Gasteiger partial charge in [-0.05, 0) is 23.6 Å². The molecule has 1 aliphatic rings. The van der Waals surface area contributed by atoms with E-state index in [-0.39, 0.29) is 5.91 Å². The van der Waals surface area contributed by atoms with Crippen LogP contribution in [-0.4, -0.2) is 22.5 Å². The zero-order valence-electron chi connectivity index (χ0n) is 11.2. The minimum Gasteiger partial charge on any atom is -0.375 e. The molecule has 0 saturated heterocycles. The smallest absolute Gasteiger partial charge is 0.257 e. The summed E-state index contributed by atoms with van der Waals surface area (Å²) in [6.45, 7) is 1.30. The topological polar surface area (TPSA) is 67.0 Å². The number of amides is 1. The van der Waals surface area contributed by atoms with Crippen molar-refractivity contribution in [3.8, 4) is 0 Å². The summed E-state index contributed by atoms with van der Waals surface area (Å²) < 4.78 is 5.39. The minimum absolute atomic E-state index is 0.140. The number of anilines is 1. The van der Waals surface area contributed by atoms with Crippen LogP contribution in [0.15, 0.2) is 30.5 Å². The lowest BCUT2D eigenvalue weighted by Gasteiger charge is -2.08. The summed E-state index contributed by atoms with van der Waals surface area (Å²) in [6.07, 6.45) is 2.68. The van der Waals surface area contributed by atoms with Gasteiger partial charge in [-0.15, -0.1) is 0 Å². The Balaban J connectivity index is 1.58. The number of nitrogens with one attached hydrogen (secondary N) is 2. The fourth-order valence-electron chi connectivity index (χ4n) is 2.44. The largest absolute Gasteiger partial charge is 0.375 e. The van der Waals surface area contributed by atoms with Crippen LogP contribution in [0.2, 0.25) is 0 Å². The Hall–Kier alpha value is -2.18. The number of nitrogens with zero attached hydrogens (tertiary/aromatic N) is 1. The van der Waals surface area contributed by atoms with E-state index in [9.17, 15) is 4.79 Å². The van der Waals surface area contributed by atoms with Crippen LogP contribution < -0.4 is 5.32 Å². The van der Waals surface area contributed by atoms with Crippen molar-refractivity contribution in [2.75, 3.05) is 11.9 Å². The van der Waals surface area contributed by atoms with E-state index in [4.69, 9.17) is 4.74 Å². The van der Waals surface area contributed by atoms with Crippen LogP contribution in [-0.2, 0) is 17.8 Å². The average Bonchev–Trinajstić information content (AvgIpc) is 3.11. The van der Waals surface area contributed by atoms with Crippen LogP contribution >= 0.6 is 11.3 Å². The van der Waals surface area contributed by atoms with Gasteiger partial charge in [0.15, 0.2) is 5.13 Å². The number of carbonyl (C=O) groups excluding carboxylic acids is 1. The lowest BCUT2D eigenvalue weighted by atomic mass is 10.1. The zero-order chi connectivity index (χ0) is 14.2. The molecule has 106 valence electrons. The molecule has 1 aliphatic heterocycles. The van der Waals surface area contributed by atoms with E-state index in [0.29, 0.717) is 23.9 Å². The molecule has 3 aromatic rings. The maximum Gasteiger partial charge on any atom is 0.257 e. The van der Waals surface area contributed by atoms with Gasteiger partial charge < -0.3 is 9.72 Å². The van der Waals surface area contributed by atoms with Gasteiger partial charge in [-0.3, -0.25) is 10.1 Å². The van der Waals surface area contributed by atoms with Crippen molar-refractivity contribution in [1.29, 1.82) is 0 Å². The standard InChI is InChI=1S/C15H13N3O2S/c19-14(10-2-1-9-3-5-16-12(9)7-10)18-15-17-11-4-6-20-8-13(11)21-15/h1-3,5,7,16H,4,6,8H2,(H,17,18,19). The fraction of sp³-hybridized carbons (Fsp3) is 0.200. The molecule has 6 heteroatoms. The van der Waals surface area contributed by atoms with E-state index in [1.165, 1.54) is 11.3 Å². The lowest BCUT2D eigenvalue weighted by molar-refractivity contribution is 0.102. The number of ether oxygens (including phenoxy) is 1. The van der Waals surface area contributed by atoms with Crippen molar-refractivity contribution in [1.82, 2.24) is 9.97 Å². The fourth-order valence-corrected chi connectivity index (χ4v) is 3.38. The van der Waals surface area contributed by atoms with Crippen LogP contribution in [0.5, 0.6) is 0 Å². The molecule has 0 spiro atoms. The van der Waals surface area contributed by atoms with Gasteiger partial charge in [-0.1, -0.05) is 17.4 Å². The van der Waals surface area contributed by atoms with Crippen molar-refractivity contribution in [3.63, 3.8) is 0 Å². The Kier molecular flexibility index (Phi) is 2.98. The molecule has 1 amide bonds. The molecular formula is C15H13N3O2S. The first-order valence-electron chi connectivity index (χ1n) is 6.74. The Morgan fingerprint density at radius 3 is 3.24 bits per heavy atom. The minimum atomic E-state index is -0.140. The van der Waals surface area contributed by atoms with Crippen LogP contribution in [0.1, 0.15) is 20.9 Å². The van der Waals surface area contributed by atoms with Gasteiger partial charge in [-0.2, -0.15) is 0 Å². The van der Waals surface area contributed by atoms with Crippen LogP contribution in [0.3, 0.4) is 0 Å². The molecule has 0 radical (unpaired) electrons. The quantitative estimate of drug-likeness (QED) is 0.764. The number of aromatic nitrogens is 2. The first-order chi connectivity index (χ1) is 10.3. The molecule has 0 saturated carbocycles. The predicted molar refractivity (Wildman–Crippen MR) is 81.7 cm³/mol. The molecule has 2 aromatic heterocycles. The van der Waals surface area contributed by atoms with Crippen molar-refractivity contribution < 1.29 is 9.53 Å². The number of fused-ring (bicyclic) bond motifs is 2. The highest BCUT2D eigenvalue weighted by Crippen LogP contribution is 2.27. The van der Waals surface area contributed by atoms with Gasteiger partial charge in [0, 0.05) is 23.7 Å². The number of thiazole rings is 1. The molecule has 1 aromatic carbocycles. The van der Waals surface area contributed by atoms with Gasteiger partial charge in [-0.25, -0.2) is 4.98 Å². The third-order valence-corrected chi connectivity index (χ3v) is 4.52. The van der Waals surface area contributed by atoms with Crippen molar-refractivity contribution in [2.24, 2.45) is 0 Å². The number of hydrogen-bond donors (Lipinski definition) is 2. The van der Waals surface area contributed by atoms with E-state index in [0.717, 1.165) is 27.9 Å². The Labute approximate surface area is 125 Å². The van der Waals surface area contributed by atoms with E-state index < -0.39 is 0 Å². The maximum absolute atomic E-state index is 12.3. The highest BCUT2D eigenvalue weighted by atomic mass is 32.1. The summed E-state index contributed by atoms with van der Waals surface area (Å²) >= 11 is 1.49. The van der Waals surface area contributed by atoms with Crippen molar-refractivity contribution in [3.05, 3.63) is 46.6 Å². The molecule has 0 fully saturated rings. The lowest BCUT2D eigenvalue weighted by Crippen LogP contribution is -2.11. The Bertz CT molecular complexity index is 798. The van der Waals surface area contributed by atoms with Gasteiger partial charge in [0.1, 0.15) is 0 Å². The summed E-state index contributed by atoms with van der Waals surface area (Å²) in [5, 5.41) is 4.60. The molecule has 4 rings (SSSR count). The number of carbonyl (C=O) groups is 1. The summed E-state index contributed by atoms with van der Waals surface area (Å²) in [7, 11) is 0. The number of benzene rings is 1. The molecular weight excluding hydrogens is 286 g/mol. The van der Waals surface area contributed by atoms with E-state index in [2.05, 4.69) is 15.3 Å². The maximum atomic E-state index is 12.3. The highest BCUT2D eigenvalue weighted by molar-refractivity contribution is 7.15. The normalized spacial score (nSPS) is 14.1. The third kappa shape index (κ3) is 2.32. The Morgan fingerprint density at radius 2 is 2.33 bits per heavy atom. The van der Waals surface area contributed by atoms with Crippen LogP contribution in [0.4, 0.5) is 5.13 Å². The van der Waals surface area contributed by atoms with Gasteiger partial charge in [0.2, 0.25) is 0 Å². The number of rotatable bonds is 2. The second-order valence-corrected chi connectivity index (χ2v) is 6.01. The first kappa shape index (κ1) is 12.6. The van der Waals surface area contributed by atoms with Crippen LogP contribution in [0.25, 0.3) is 10.9 Å². The summed E-state index contributed by atoms with van der Waals surface area (Å²) in [4.78, 5) is 21.0. The summed E-state index contributed by atoms with van der Waals surface area (Å²) in [6, 6.07) is 7.58. The highest BCUT2D eigenvalue weighted by Gasteiger charge is 2.17. The molecule has 5 nitrogen and oxygen atoms in total. The van der Waals surface area contributed by atoms with Gasteiger partial charge in [0.25, 0.3) is 5.91 Å². The van der Waals surface area contributed by atoms with Crippen molar-refractivity contribution in [2.45, 2.75) is 13.0 Å². The molecule has 0 aliphatic carbocycles. The predicted octanol–water partition coefficient (Wildman–Crippen LogP) is 2.95. The van der Waals surface area contributed by atoms with Crippen molar-refractivity contribution >= 4 is 33.3 Å². The monoisotopic (exact) mass is 299 g/mol. The second kappa shape index (κ2) is 4.98. The molecule has 0 unspecified atom stereocenters. The molecule has 0 bridgehead atoms. The van der Waals surface area contributed by atoms with Gasteiger partial charge >= 0.3 is 0 Å². The SMILES string of the molecule is O=C(Nc1nc2c(s1)COCC2)c1ccc2cc[nH]c2c1. The summed E-state index contributed by atoms with van der Waals surface area (Å²) in [5.41, 5.74) is 2.62. The molecule has 2 N–H and O–H groups in total. The van der Waals surface area contributed by atoms with Gasteiger partial charge in [0.05, 0.1) is 23.8 Å².